The highest BCUT2D eigenvalue weighted by Crippen LogP contribution is 2.34. The van der Waals surface area contributed by atoms with Crippen molar-refractivity contribution in [1.29, 1.82) is 0 Å². The van der Waals surface area contributed by atoms with Crippen molar-refractivity contribution in [2.45, 2.75) is 37.2 Å². The van der Waals surface area contributed by atoms with Crippen LogP contribution >= 0.6 is 23.1 Å². The average molecular weight is 284 g/mol. The van der Waals surface area contributed by atoms with E-state index in [4.69, 9.17) is 5.84 Å². The molecule has 4 N–H and O–H groups in total. The van der Waals surface area contributed by atoms with E-state index >= 15 is 0 Å². The normalized spacial score (nSPS) is 14.7. The van der Waals surface area contributed by atoms with Gasteiger partial charge in [0.2, 0.25) is 5.95 Å². The number of nitrogens with two attached hydrogens (primary N) is 1. The number of hydrazine groups is 1. The first-order valence-electron chi connectivity index (χ1n) is 5.60. The zero-order valence-corrected chi connectivity index (χ0v) is 12.1. The molecule has 0 aliphatic carbocycles. The van der Waals surface area contributed by atoms with E-state index < -0.39 is 6.10 Å². The fraction of sp³-hybridized carbons (Fsp3) is 0.455. The Hall–Kier alpha value is -0.890. The maximum absolute atomic E-state index is 9.58. The fourth-order valence-corrected chi connectivity index (χ4v) is 3.36. The topological polar surface area (TPSA) is 84.1 Å². The Balaban J connectivity index is 2.46. The molecule has 2 unspecified atom stereocenters. The molecule has 2 heterocycles. The second kappa shape index (κ2) is 5.40. The number of aliphatic hydroxyl groups is 1. The van der Waals surface area contributed by atoms with Gasteiger partial charge in [0.05, 0.1) is 6.10 Å². The van der Waals surface area contributed by atoms with Crippen molar-refractivity contribution < 1.29 is 5.11 Å². The van der Waals surface area contributed by atoms with E-state index in [0.717, 1.165) is 15.2 Å². The SMILES string of the molecule is Cc1cc2c(SC(C)C(C)O)nc(NN)nc2s1. The summed E-state index contributed by atoms with van der Waals surface area (Å²) < 4.78 is 0. The highest BCUT2D eigenvalue weighted by atomic mass is 32.2. The Labute approximate surface area is 114 Å². The van der Waals surface area contributed by atoms with E-state index in [1.165, 1.54) is 16.6 Å². The van der Waals surface area contributed by atoms with E-state index in [0.29, 0.717) is 5.95 Å². The molecule has 0 aromatic carbocycles. The Morgan fingerprint density at radius 3 is 2.78 bits per heavy atom. The number of aryl methyl sites for hydroxylation is 1. The van der Waals surface area contributed by atoms with Crippen molar-refractivity contribution in [1.82, 2.24) is 9.97 Å². The molecule has 7 heteroatoms. The zero-order chi connectivity index (χ0) is 13.3. The molecule has 0 bridgehead atoms. The van der Waals surface area contributed by atoms with Gasteiger partial charge in [-0.1, -0.05) is 18.7 Å². The molecule has 2 aromatic heterocycles. The number of thiophene rings is 1. The molecule has 18 heavy (non-hydrogen) atoms. The molecule has 2 atom stereocenters. The zero-order valence-electron chi connectivity index (χ0n) is 10.5. The molecule has 0 fully saturated rings. The Kier molecular flexibility index (Phi) is 4.06. The third-order valence-corrected chi connectivity index (χ3v) is 4.83. The lowest BCUT2D eigenvalue weighted by Crippen LogP contribution is -2.16. The summed E-state index contributed by atoms with van der Waals surface area (Å²) in [6.45, 7) is 5.78. The average Bonchev–Trinajstić information content (AvgIpc) is 2.69. The predicted octanol–water partition coefficient (Wildman–Crippen LogP) is 2.15. The first-order valence-corrected chi connectivity index (χ1v) is 7.30. The molecule has 0 radical (unpaired) electrons. The van der Waals surface area contributed by atoms with Crippen LogP contribution in [0, 0.1) is 6.92 Å². The van der Waals surface area contributed by atoms with Gasteiger partial charge < -0.3 is 5.11 Å². The Morgan fingerprint density at radius 2 is 2.17 bits per heavy atom. The number of fused-ring (bicyclic) bond motifs is 1. The molecule has 0 spiro atoms. The highest BCUT2D eigenvalue weighted by Gasteiger charge is 2.16. The van der Waals surface area contributed by atoms with Gasteiger partial charge in [0.15, 0.2) is 0 Å². The molecule has 0 amide bonds. The van der Waals surface area contributed by atoms with E-state index in [1.54, 1.807) is 18.3 Å². The van der Waals surface area contributed by atoms with E-state index in [2.05, 4.69) is 21.5 Å². The summed E-state index contributed by atoms with van der Waals surface area (Å²) >= 11 is 3.14. The van der Waals surface area contributed by atoms with Crippen molar-refractivity contribution in [2.75, 3.05) is 5.43 Å². The molecule has 2 rings (SSSR count). The number of thioether (sulfide) groups is 1. The van der Waals surface area contributed by atoms with Crippen LogP contribution in [0.1, 0.15) is 18.7 Å². The number of aromatic nitrogens is 2. The summed E-state index contributed by atoms with van der Waals surface area (Å²) in [4.78, 5) is 10.8. The maximum Gasteiger partial charge on any atom is 0.239 e. The minimum absolute atomic E-state index is 0.0638. The molecule has 0 aliphatic heterocycles. The number of hydrogen-bond donors (Lipinski definition) is 3. The van der Waals surface area contributed by atoms with Gasteiger partial charge >= 0.3 is 0 Å². The summed E-state index contributed by atoms with van der Waals surface area (Å²) in [5.41, 5.74) is 2.48. The van der Waals surface area contributed by atoms with Crippen LogP contribution in [0.5, 0.6) is 0 Å². The lowest BCUT2D eigenvalue weighted by Gasteiger charge is -2.14. The van der Waals surface area contributed by atoms with Crippen LogP contribution in [0.15, 0.2) is 11.1 Å². The van der Waals surface area contributed by atoms with Gasteiger partial charge in [0.25, 0.3) is 0 Å². The molecular formula is C11H16N4OS2. The summed E-state index contributed by atoms with van der Waals surface area (Å²) in [5, 5.41) is 11.5. The van der Waals surface area contributed by atoms with E-state index in [1.807, 2.05) is 13.8 Å². The summed E-state index contributed by atoms with van der Waals surface area (Å²) in [6, 6.07) is 2.07. The second-order valence-corrected chi connectivity index (χ2v) is 6.74. The van der Waals surface area contributed by atoms with Crippen LogP contribution in [-0.4, -0.2) is 26.4 Å². The van der Waals surface area contributed by atoms with Gasteiger partial charge in [-0.2, -0.15) is 0 Å². The van der Waals surface area contributed by atoms with Gasteiger partial charge in [-0.3, -0.25) is 5.43 Å². The quantitative estimate of drug-likeness (QED) is 0.345. The summed E-state index contributed by atoms with van der Waals surface area (Å²) in [5.74, 6) is 5.79. The lowest BCUT2D eigenvalue weighted by molar-refractivity contribution is 0.196. The maximum atomic E-state index is 9.58. The summed E-state index contributed by atoms with van der Waals surface area (Å²) in [7, 11) is 0. The third kappa shape index (κ3) is 2.74. The molecule has 0 aliphatic rings. The predicted molar refractivity (Wildman–Crippen MR) is 77.0 cm³/mol. The number of rotatable bonds is 4. The van der Waals surface area contributed by atoms with Crippen LogP contribution in [-0.2, 0) is 0 Å². The van der Waals surface area contributed by atoms with Crippen molar-refractivity contribution in [3.05, 3.63) is 10.9 Å². The summed E-state index contributed by atoms with van der Waals surface area (Å²) in [6.07, 6.45) is -0.394. The van der Waals surface area contributed by atoms with Crippen molar-refractivity contribution in [2.24, 2.45) is 5.84 Å². The highest BCUT2D eigenvalue weighted by molar-refractivity contribution is 8.00. The van der Waals surface area contributed by atoms with E-state index in [9.17, 15) is 5.11 Å². The van der Waals surface area contributed by atoms with Crippen LogP contribution in [0.3, 0.4) is 0 Å². The first-order chi connectivity index (χ1) is 8.51. The molecule has 2 aromatic rings. The second-order valence-electron chi connectivity index (χ2n) is 4.14. The number of anilines is 1. The van der Waals surface area contributed by atoms with Gasteiger partial charge in [0.1, 0.15) is 9.86 Å². The molecule has 98 valence electrons. The van der Waals surface area contributed by atoms with Crippen LogP contribution in [0.2, 0.25) is 0 Å². The Bertz CT molecular complexity index is 555. The number of hydrogen-bond acceptors (Lipinski definition) is 7. The number of nitrogen functional groups attached to an aromatic ring is 1. The monoisotopic (exact) mass is 284 g/mol. The van der Waals surface area contributed by atoms with Gasteiger partial charge in [-0.25, -0.2) is 15.8 Å². The van der Waals surface area contributed by atoms with Gasteiger partial charge in [-0.05, 0) is 19.9 Å². The number of aliphatic hydroxyl groups excluding tert-OH is 1. The minimum Gasteiger partial charge on any atom is -0.392 e. The fourth-order valence-electron chi connectivity index (χ4n) is 1.44. The van der Waals surface area contributed by atoms with Crippen LogP contribution < -0.4 is 11.3 Å². The number of nitrogens with zero attached hydrogens (tertiary/aromatic N) is 2. The lowest BCUT2D eigenvalue weighted by atomic mass is 10.3. The van der Waals surface area contributed by atoms with Crippen LogP contribution in [0.25, 0.3) is 10.2 Å². The van der Waals surface area contributed by atoms with Crippen molar-refractivity contribution in [3.8, 4) is 0 Å². The van der Waals surface area contributed by atoms with E-state index in [-0.39, 0.29) is 5.25 Å². The Morgan fingerprint density at radius 1 is 1.44 bits per heavy atom. The van der Waals surface area contributed by atoms with Gasteiger partial charge in [0, 0.05) is 15.5 Å². The molecule has 0 saturated heterocycles. The first kappa shape index (κ1) is 13.5. The van der Waals surface area contributed by atoms with Crippen molar-refractivity contribution in [3.63, 3.8) is 0 Å². The number of nitrogens with one attached hydrogen (secondary N) is 1. The van der Waals surface area contributed by atoms with Crippen molar-refractivity contribution >= 4 is 39.3 Å². The standard InChI is InChI=1S/C11H16N4OS2/c1-5-4-8-9(17-5)13-11(15-12)14-10(8)18-7(3)6(2)16/h4,6-7,16H,12H2,1-3H3,(H,13,14,15). The molecule has 5 nitrogen and oxygen atoms in total. The van der Waals surface area contributed by atoms with Crippen LogP contribution in [0.4, 0.5) is 5.95 Å². The molecular weight excluding hydrogens is 268 g/mol. The largest absolute Gasteiger partial charge is 0.392 e. The smallest absolute Gasteiger partial charge is 0.239 e. The minimum atomic E-state index is -0.394. The molecule has 0 saturated carbocycles. The van der Waals surface area contributed by atoms with Gasteiger partial charge in [-0.15, -0.1) is 11.3 Å². The third-order valence-electron chi connectivity index (χ3n) is 2.59.